The van der Waals surface area contributed by atoms with Gasteiger partial charge in [0, 0.05) is 45.5 Å². The van der Waals surface area contributed by atoms with Gasteiger partial charge in [-0.25, -0.2) is 0 Å². The van der Waals surface area contributed by atoms with Gasteiger partial charge in [-0.15, -0.1) is 24.0 Å². The van der Waals surface area contributed by atoms with E-state index in [-0.39, 0.29) is 36.0 Å². The zero-order chi connectivity index (χ0) is 18.6. The van der Waals surface area contributed by atoms with E-state index in [0.717, 1.165) is 50.5 Å². The summed E-state index contributed by atoms with van der Waals surface area (Å²) in [4.78, 5) is 16.1. The third-order valence-electron chi connectivity index (χ3n) is 4.08. The Kier molecular flexibility index (Phi) is 12.1. The van der Waals surface area contributed by atoms with Crippen molar-refractivity contribution in [3.05, 3.63) is 23.7 Å². The summed E-state index contributed by atoms with van der Waals surface area (Å²) in [7, 11) is 1.74. The molecule has 1 amide bonds. The lowest BCUT2D eigenvalue weighted by atomic mass is 10.2. The lowest BCUT2D eigenvalue weighted by molar-refractivity contribution is 0.0420. The van der Waals surface area contributed by atoms with Crippen LogP contribution in [0, 0.1) is 6.92 Å². The quantitative estimate of drug-likeness (QED) is 0.198. The number of carbonyl (C=O) groups is 1. The number of furan rings is 1. The molecular formula is C18H31IN4O4. The Balaban J connectivity index is 0.00000364. The molecule has 0 aliphatic carbocycles. The van der Waals surface area contributed by atoms with E-state index in [2.05, 4.69) is 20.9 Å². The average Bonchev–Trinajstić information content (AvgIpc) is 3.30. The van der Waals surface area contributed by atoms with Crippen LogP contribution in [0.15, 0.2) is 21.7 Å². The number of nitrogens with zero attached hydrogens (tertiary/aromatic N) is 1. The van der Waals surface area contributed by atoms with Gasteiger partial charge in [-0.3, -0.25) is 9.79 Å². The van der Waals surface area contributed by atoms with E-state index in [0.29, 0.717) is 25.5 Å². The SMILES string of the molecule is CN=C(NCCCNC(=O)c1occc1C)NCCCOC1CCOC1.I. The van der Waals surface area contributed by atoms with Crippen molar-refractivity contribution in [3.63, 3.8) is 0 Å². The molecule has 2 rings (SSSR count). The first-order chi connectivity index (χ1) is 12.7. The van der Waals surface area contributed by atoms with Crippen LogP contribution in [-0.2, 0) is 9.47 Å². The van der Waals surface area contributed by atoms with Crippen LogP contribution >= 0.6 is 24.0 Å². The van der Waals surface area contributed by atoms with Gasteiger partial charge in [0.2, 0.25) is 0 Å². The summed E-state index contributed by atoms with van der Waals surface area (Å²) >= 11 is 0. The molecule has 8 nitrogen and oxygen atoms in total. The fourth-order valence-electron chi connectivity index (χ4n) is 2.58. The van der Waals surface area contributed by atoms with Crippen LogP contribution in [0.5, 0.6) is 0 Å². The molecule has 1 fully saturated rings. The minimum absolute atomic E-state index is 0. The lowest BCUT2D eigenvalue weighted by Crippen LogP contribution is -2.39. The number of guanidine groups is 1. The summed E-state index contributed by atoms with van der Waals surface area (Å²) in [5, 5.41) is 9.32. The van der Waals surface area contributed by atoms with E-state index in [1.165, 1.54) is 6.26 Å². The van der Waals surface area contributed by atoms with E-state index in [1.54, 1.807) is 13.1 Å². The second-order valence-electron chi connectivity index (χ2n) is 6.18. The van der Waals surface area contributed by atoms with Crippen molar-refractivity contribution in [1.82, 2.24) is 16.0 Å². The zero-order valence-corrected chi connectivity index (χ0v) is 18.4. The highest BCUT2D eigenvalue weighted by molar-refractivity contribution is 14.0. The molecule has 2 heterocycles. The largest absolute Gasteiger partial charge is 0.459 e. The Labute approximate surface area is 177 Å². The Hall–Kier alpha value is -1.33. The summed E-state index contributed by atoms with van der Waals surface area (Å²) in [6.07, 6.45) is 4.47. The molecule has 0 bridgehead atoms. The lowest BCUT2D eigenvalue weighted by Gasteiger charge is -2.13. The molecule has 1 aliphatic rings. The third-order valence-corrected chi connectivity index (χ3v) is 4.08. The Morgan fingerprint density at radius 1 is 1.26 bits per heavy atom. The summed E-state index contributed by atoms with van der Waals surface area (Å²) in [5.41, 5.74) is 0.842. The van der Waals surface area contributed by atoms with Gasteiger partial charge < -0.3 is 29.8 Å². The zero-order valence-electron chi connectivity index (χ0n) is 16.1. The molecule has 27 heavy (non-hydrogen) atoms. The number of halogens is 1. The van der Waals surface area contributed by atoms with Crippen molar-refractivity contribution in [1.29, 1.82) is 0 Å². The standard InChI is InChI=1S/C18H30N4O4.HI/c1-14-5-12-26-16(14)17(23)20-7-3-8-21-18(19-2)22-9-4-10-25-15-6-11-24-13-15;/h5,12,15H,3-4,6-11,13H2,1-2H3,(H,20,23)(H2,19,21,22);1H. The molecule has 0 spiro atoms. The molecule has 1 aliphatic heterocycles. The normalized spacial score (nSPS) is 16.7. The maximum Gasteiger partial charge on any atom is 0.287 e. The van der Waals surface area contributed by atoms with Crippen LogP contribution < -0.4 is 16.0 Å². The van der Waals surface area contributed by atoms with E-state index in [4.69, 9.17) is 13.9 Å². The highest BCUT2D eigenvalue weighted by Crippen LogP contribution is 2.08. The molecule has 9 heteroatoms. The first kappa shape index (κ1) is 23.7. The number of amides is 1. The van der Waals surface area contributed by atoms with Gasteiger partial charge in [0.1, 0.15) is 0 Å². The number of aryl methyl sites for hydroxylation is 1. The second kappa shape index (κ2) is 13.8. The molecule has 1 saturated heterocycles. The van der Waals surface area contributed by atoms with Crippen molar-refractivity contribution in [2.24, 2.45) is 4.99 Å². The van der Waals surface area contributed by atoms with Crippen LogP contribution in [0.25, 0.3) is 0 Å². The summed E-state index contributed by atoms with van der Waals surface area (Å²) in [5.74, 6) is 0.951. The van der Waals surface area contributed by atoms with Gasteiger partial charge in [-0.2, -0.15) is 0 Å². The van der Waals surface area contributed by atoms with E-state index in [1.807, 2.05) is 6.92 Å². The van der Waals surface area contributed by atoms with Crippen molar-refractivity contribution in [3.8, 4) is 0 Å². The molecule has 0 aromatic carbocycles. The molecule has 0 saturated carbocycles. The van der Waals surface area contributed by atoms with Gasteiger partial charge in [-0.05, 0) is 32.3 Å². The number of aliphatic imine (C=N–C) groups is 1. The first-order valence-electron chi connectivity index (χ1n) is 9.17. The van der Waals surface area contributed by atoms with Gasteiger partial charge in [-0.1, -0.05) is 0 Å². The van der Waals surface area contributed by atoms with Crippen LogP contribution in [0.2, 0.25) is 0 Å². The highest BCUT2D eigenvalue weighted by Gasteiger charge is 2.15. The average molecular weight is 494 g/mol. The van der Waals surface area contributed by atoms with Gasteiger partial charge in [0.25, 0.3) is 5.91 Å². The monoisotopic (exact) mass is 494 g/mol. The summed E-state index contributed by atoms with van der Waals surface area (Å²) in [6.45, 7) is 6.17. The van der Waals surface area contributed by atoms with Crippen LogP contribution in [0.4, 0.5) is 0 Å². The van der Waals surface area contributed by atoms with Crippen molar-refractivity contribution < 1.29 is 18.7 Å². The number of carbonyl (C=O) groups excluding carboxylic acids is 1. The van der Waals surface area contributed by atoms with E-state index < -0.39 is 0 Å². The summed E-state index contributed by atoms with van der Waals surface area (Å²) < 4.78 is 16.2. The van der Waals surface area contributed by atoms with Crippen molar-refractivity contribution in [2.45, 2.75) is 32.3 Å². The van der Waals surface area contributed by atoms with Gasteiger partial charge in [0.05, 0.1) is 19.0 Å². The fourth-order valence-corrected chi connectivity index (χ4v) is 2.58. The predicted octanol–water partition coefficient (Wildman–Crippen LogP) is 1.69. The number of rotatable bonds is 10. The molecule has 1 aromatic heterocycles. The smallest absolute Gasteiger partial charge is 0.287 e. The minimum Gasteiger partial charge on any atom is -0.459 e. The maximum atomic E-state index is 11.9. The molecule has 1 aromatic rings. The molecule has 3 N–H and O–H groups in total. The topological polar surface area (TPSA) is 97.1 Å². The Morgan fingerprint density at radius 2 is 2.00 bits per heavy atom. The fraction of sp³-hybridized carbons (Fsp3) is 0.667. The van der Waals surface area contributed by atoms with Crippen LogP contribution in [0.3, 0.4) is 0 Å². The first-order valence-corrected chi connectivity index (χ1v) is 9.17. The second-order valence-corrected chi connectivity index (χ2v) is 6.18. The maximum absolute atomic E-state index is 11.9. The molecule has 1 atom stereocenters. The van der Waals surface area contributed by atoms with Crippen molar-refractivity contribution in [2.75, 3.05) is 46.5 Å². The van der Waals surface area contributed by atoms with Crippen LogP contribution in [-0.4, -0.2) is 64.5 Å². The van der Waals surface area contributed by atoms with Gasteiger partial charge in [0.15, 0.2) is 11.7 Å². The summed E-state index contributed by atoms with van der Waals surface area (Å²) in [6, 6.07) is 1.78. The van der Waals surface area contributed by atoms with Crippen LogP contribution in [0.1, 0.15) is 35.4 Å². The number of ether oxygens (including phenoxy) is 2. The molecule has 0 radical (unpaired) electrons. The number of hydrogen-bond donors (Lipinski definition) is 3. The van der Waals surface area contributed by atoms with Crippen molar-refractivity contribution >= 4 is 35.8 Å². The Morgan fingerprint density at radius 3 is 2.63 bits per heavy atom. The highest BCUT2D eigenvalue weighted by atomic mass is 127. The Bertz CT molecular complexity index is 573. The molecular weight excluding hydrogens is 463 g/mol. The third kappa shape index (κ3) is 8.93. The predicted molar refractivity (Wildman–Crippen MR) is 115 cm³/mol. The number of hydrogen-bond acceptors (Lipinski definition) is 5. The molecule has 154 valence electrons. The number of nitrogens with one attached hydrogen (secondary N) is 3. The van der Waals surface area contributed by atoms with E-state index >= 15 is 0 Å². The van der Waals surface area contributed by atoms with E-state index in [9.17, 15) is 4.79 Å². The van der Waals surface area contributed by atoms with Gasteiger partial charge >= 0.3 is 0 Å². The minimum atomic E-state index is -0.178. The molecule has 1 unspecified atom stereocenters.